The van der Waals surface area contributed by atoms with Gasteiger partial charge in [0.1, 0.15) is 0 Å². The van der Waals surface area contributed by atoms with Crippen LogP contribution in [-0.2, 0) is 4.74 Å². The second-order valence-corrected chi connectivity index (χ2v) is 2.45. The molecule has 0 spiro atoms. The molecule has 1 aliphatic rings. The molecule has 0 bridgehead atoms. The lowest BCUT2D eigenvalue weighted by Crippen LogP contribution is -2.15. The van der Waals surface area contributed by atoms with Crippen molar-refractivity contribution in [2.45, 2.75) is 13.0 Å². The molecule has 0 unspecified atom stereocenters. The number of nitrogens with one attached hydrogen (secondary N) is 1. The maximum atomic E-state index is 11.4. The molecule has 0 amide bonds. The van der Waals surface area contributed by atoms with Gasteiger partial charge in [0.05, 0.1) is 6.61 Å². The van der Waals surface area contributed by atoms with Crippen LogP contribution < -0.4 is 5.32 Å². The lowest BCUT2D eigenvalue weighted by atomic mass is 10.1. The van der Waals surface area contributed by atoms with Crippen molar-refractivity contribution in [2.24, 2.45) is 5.92 Å². The summed E-state index contributed by atoms with van der Waals surface area (Å²) in [5.41, 5.74) is 0. The minimum absolute atomic E-state index is 0.185. The zero-order chi connectivity index (χ0) is 7.40. The van der Waals surface area contributed by atoms with Crippen LogP contribution in [0.25, 0.3) is 0 Å². The average molecular weight is 151 g/mol. The zero-order valence-corrected chi connectivity index (χ0v) is 5.65. The van der Waals surface area contributed by atoms with E-state index in [4.69, 9.17) is 0 Å². The Morgan fingerprint density at radius 1 is 1.60 bits per heavy atom. The van der Waals surface area contributed by atoms with Crippen molar-refractivity contribution in [3.8, 4) is 0 Å². The van der Waals surface area contributed by atoms with Crippen LogP contribution in [0.3, 0.4) is 0 Å². The van der Waals surface area contributed by atoms with Crippen LogP contribution in [0.4, 0.5) is 8.78 Å². The van der Waals surface area contributed by atoms with Crippen LogP contribution in [0.5, 0.6) is 0 Å². The Labute approximate surface area is 58.6 Å². The van der Waals surface area contributed by atoms with Gasteiger partial charge < -0.3 is 10.1 Å². The largest absolute Gasteiger partial charge is 0.345 e. The summed E-state index contributed by atoms with van der Waals surface area (Å²) in [5.74, 6) is 0.286. The molecule has 1 atom stereocenters. The molecule has 4 heteroatoms. The Hall–Kier alpha value is -0.220. The maximum absolute atomic E-state index is 11.4. The lowest BCUT2D eigenvalue weighted by molar-refractivity contribution is -0.136. The van der Waals surface area contributed by atoms with E-state index < -0.39 is 6.61 Å². The fourth-order valence-electron chi connectivity index (χ4n) is 1.07. The number of alkyl halides is 2. The number of hydrogen-bond acceptors (Lipinski definition) is 2. The molecule has 1 saturated heterocycles. The van der Waals surface area contributed by atoms with E-state index in [9.17, 15) is 8.78 Å². The molecule has 10 heavy (non-hydrogen) atoms. The summed E-state index contributed by atoms with van der Waals surface area (Å²) >= 11 is 0. The van der Waals surface area contributed by atoms with Gasteiger partial charge in [-0.1, -0.05) is 0 Å². The van der Waals surface area contributed by atoms with Crippen LogP contribution in [-0.4, -0.2) is 26.3 Å². The molecule has 0 aromatic carbocycles. The number of rotatable bonds is 3. The van der Waals surface area contributed by atoms with E-state index in [-0.39, 0.29) is 12.5 Å². The van der Waals surface area contributed by atoms with Crippen molar-refractivity contribution in [3.63, 3.8) is 0 Å². The fourth-order valence-corrected chi connectivity index (χ4v) is 1.07. The van der Waals surface area contributed by atoms with Crippen LogP contribution in [0.1, 0.15) is 6.42 Å². The molecule has 0 aromatic rings. The molecular formula is C6H11F2NO. The molecule has 60 valence electrons. The molecular weight excluding hydrogens is 140 g/mol. The van der Waals surface area contributed by atoms with Gasteiger partial charge >= 0.3 is 6.61 Å². The van der Waals surface area contributed by atoms with Crippen molar-refractivity contribution in [2.75, 3.05) is 19.7 Å². The third-order valence-corrected chi connectivity index (χ3v) is 1.62. The summed E-state index contributed by atoms with van der Waals surface area (Å²) in [6.45, 7) is -0.685. The second kappa shape index (κ2) is 3.83. The van der Waals surface area contributed by atoms with E-state index in [1.54, 1.807) is 0 Å². The maximum Gasteiger partial charge on any atom is 0.345 e. The van der Waals surface area contributed by atoms with Crippen LogP contribution in [0.2, 0.25) is 0 Å². The molecule has 1 fully saturated rings. The van der Waals surface area contributed by atoms with Crippen LogP contribution in [0.15, 0.2) is 0 Å². The van der Waals surface area contributed by atoms with E-state index in [1.165, 1.54) is 0 Å². The van der Waals surface area contributed by atoms with Crippen molar-refractivity contribution in [1.82, 2.24) is 5.32 Å². The highest BCUT2D eigenvalue weighted by atomic mass is 19.3. The van der Waals surface area contributed by atoms with E-state index in [1.807, 2.05) is 0 Å². The first kappa shape index (κ1) is 7.88. The van der Waals surface area contributed by atoms with Gasteiger partial charge in [0.25, 0.3) is 0 Å². The predicted octanol–water partition coefficient (Wildman–Crippen LogP) is 0.835. The van der Waals surface area contributed by atoms with Crippen molar-refractivity contribution < 1.29 is 13.5 Å². The summed E-state index contributed by atoms with van der Waals surface area (Å²) in [6, 6.07) is 0. The normalized spacial score (nSPS) is 26.1. The summed E-state index contributed by atoms with van der Waals surface area (Å²) < 4.78 is 27.0. The molecule has 0 aromatic heterocycles. The first-order chi connectivity index (χ1) is 4.79. The summed E-state index contributed by atoms with van der Waals surface area (Å²) in [6.07, 6.45) is 0.951. The molecule has 0 radical (unpaired) electrons. The van der Waals surface area contributed by atoms with Gasteiger partial charge in [-0.05, 0) is 18.9 Å². The predicted molar refractivity (Wildman–Crippen MR) is 32.9 cm³/mol. The first-order valence-corrected chi connectivity index (χ1v) is 3.39. The molecule has 1 rings (SSSR count). The van der Waals surface area contributed by atoms with Gasteiger partial charge in [0, 0.05) is 6.54 Å². The molecule has 0 aliphatic carbocycles. The highest BCUT2D eigenvalue weighted by Crippen LogP contribution is 2.09. The first-order valence-electron chi connectivity index (χ1n) is 3.39. The smallest absolute Gasteiger partial charge is 0.323 e. The third-order valence-electron chi connectivity index (χ3n) is 1.62. The SMILES string of the molecule is FC(F)OC[C@H]1CCNC1. The summed E-state index contributed by atoms with van der Waals surface area (Å²) in [4.78, 5) is 0. The Balaban J connectivity index is 2.01. The summed E-state index contributed by atoms with van der Waals surface area (Å²) in [7, 11) is 0. The Kier molecular flexibility index (Phi) is 3.02. The van der Waals surface area contributed by atoms with Crippen molar-refractivity contribution >= 4 is 0 Å². The van der Waals surface area contributed by atoms with E-state index in [2.05, 4.69) is 10.1 Å². The Bertz CT molecular complexity index is 93.7. The second-order valence-electron chi connectivity index (χ2n) is 2.45. The Morgan fingerprint density at radius 3 is 2.90 bits per heavy atom. The zero-order valence-electron chi connectivity index (χ0n) is 5.65. The van der Waals surface area contributed by atoms with Gasteiger partial charge in [-0.3, -0.25) is 0 Å². The van der Waals surface area contributed by atoms with Gasteiger partial charge in [-0.2, -0.15) is 8.78 Å². The minimum Gasteiger partial charge on any atom is -0.323 e. The topological polar surface area (TPSA) is 21.3 Å². The van der Waals surface area contributed by atoms with Crippen molar-refractivity contribution in [1.29, 1.82) is 0 Å². The molecule has 2 nitrogen and oxygen atoms in total. The van der Waals surface area contributed by atoms with Gasteiger partial charge in [0.15, 0.2) is 0 Å². The average Bonchev–Trinajstić information content (AvgIpc) is 2.34. The third kappa shape index (κ3) is 2.58. The lowest BCUT2D eigenvalue weighted by Gasteiger charge is -2.07. The molecule has 1 heterocycles. The van der Waals surface area contributed by atoms with Gasteiger partial charge in [-0.25, -0.2) is 0 Å². The standard InChI is InChI=1S/C6H11F2NO/c7-6(8)10-4-5-1-2-9-3-5/h5-6,9H,1-4H2/t5-/m0/s1. The Morgan fingerprint density at radius 2 is 2.40 bits per heavy atom. The number of hydrogen-bond donors (Lipinski definition) is 1. The quantitative estimate of drug-likeness (QED) is 0.645. The highest BCUT2D eigenvalue weighted by molar-refractivity contribution is 4.69. The highest BCUT2D eigenvalue weighted by Gasteiger charge is 2.15. The fraction of sp³-hybridized carbons (Fsp3) is 1.00. The van der Waals surface area contributed by atoms with Crippen molar-refractivity contribution in [3.05, 3.63) is 0 Å². The molecule has 1 N–H and O–H groups in total. The molecule has 0 saturated carbocycles. The van der Waals surface area contributed by atoms with E-state index in [0.717, 1.165) is 19.5 Å². The monoisotopic (exact) mass is 151 g/mol. The van der Waals surface area contributed by atoms with Crippen LogP contribution in [0, 0.1) is 5.92 Å². The number of ether oxygens (including phenoxy) is 1. The number of halogens is 2. The van der Waals surface area contributed by atoms with E-state index in [0.29, 0.717) is 0 Å². The van der Waals surface area contributed by atoms with E-state index >= 15 is 0 Å². The summed E-state index contributed by atoms with van der Waals surface area (Å²) in [5, 5.41) is 3.07. The minimum atomic E-state index is -2.61. The van der Waals surface area contributed by atoms with Gasteiger partial charge in [-0.15, -0.1) is 0 Å². The van der Waals surface area contributed by atoms with Gasteiger partial charge in [0.2, 0.25) is 0 Å². The van der Waals surface area contributed by atoms with Crippen LogP contribution >= 0.6 is 0 Å². The molecule has 1 aliphatic heterocycles.